The molecule has 0 atom stereocenters. The monoisotopic (exact) mass is 370 g/mol. The van der Waals surface area contributed by atoms with Crippen LogP contribution in [0.1, 0.15) is 10.4 Å². The molecule has 0 radical (unpaired) electrons. The molecule has 0 fully saturated rings. The van der Waals surface area contributed by atoms with Gasteiger partial charge in [-0.3, -0.25) is 9.48 Å². The number of benzene rings is 2. The molecular formula is C20H14N6O2. The van der Waals surface area contributed by atoms with Crippen LogP contribution in [0.4, 0.5) is 5.82 Å². The van der Waals surface area contributed by atoms with Crippen LogP contribution in [0.15, 0.2) is 65.7 Å². The van der Waals surface area contributed by atoms with Crippen molar-refractivity contribution < 1.29 is 9.21 Å². The highest BCUT2D eigenvalue weighted by Crippen LogP contribution is 2.24. The summed E-state index contributed by atoms with van der Waals surface area (Å²) in [4.78, 5) is 16.6. The Morgan fingerprint density at radius 1 is 1.04 bits per heavy atom. The second-order valence-corrected chi connectivity index (χ2v) is 6.39. The highest BCUT2D eigenvalue weighted by Gasteiger charge is 2.11. The fourth-order valence-electron chi connectivity index (χ4n) is 3.04. The zero-order chi connectivity index (χ0) is 19.1. The quantitative estimate of drug-likeness (QED) is 0.522. The lowest BCUT2D eigenvalue weighted by atomic mass is 10.1. The molecule has 0 saturated carbocycles. The van der Waals surface area contributed by atoms with Crippen LogP contribution in [0, 0.1) is 0 Å². The van der Waals surface area contributed by atoms with Crippen molar-refractivity contribution in [1.29, 1.82) is 0 Å². The van der Waals surface area contributed by atoms with Crippen molar-refractivity contribution in [2.75, 3.05) is 5.32 Å². The van der Waals surface area contributed by atoms with Gasteiger partial charge in [0.1, 0.15) is 5.52 Å². The summed E-state index contributed by atoms with van der Waals surface area (Å²) in [5.74, 6) is 0.0777. The average molecular weight is 370 g/mol. The zero-order valence-electron chi connectivity index (χ0n) is 14.8. The zero-order valence-corrected chi connectivity index (χ0v) is 14.8. The average Bonchev–Trinajstić information content (AvgIpc) is 3.35. The van der Waals surface area contributed by atoms with Gasteiger partial charge in [-0.2, -0.15) is 5.10 Å². The van der Waals surface area contributed by atoms with Crippen LogP contribution in [0.3, 0.4) is 0 Å². The van der Waals surface area contributed by atoms with Gasteiger partial charge in [-0.25, -0.2) is 4.98 Å². The summed E-state index contributed by atoms with van der Waals surface area (Å²) in [5.41, 5.74) is 4.47. The maximum absolute atomic E-state index is 12.6. The molecule has 5 aromatic rings. The van der Waals surface area contributed by atoms with E-state index in [1.807, 2.05) is 31.4 Å². The summed E-state index contributed by atoms with van der Waals surface area (Å²) < 4.78 is 7.00. The molecular weight excluding hydrogens is 356 g/mol. The van der Waals surface area contributed by atoms with E-state index in [9.17, 15) is 4.79 Å². The number of nitrogens with one attached hydrogen (secondary N) is 1. The van der Waals surface area contributed by atoms with Gasteiger partial charge in [0.2, 0.25) is 0 Å². The van der Waals surface area contributed by atoms with Crippen LogP contribution in [-0.2, 0) is 7.05 Å². The third-order valence-corrected chi connectivity index (χ3v) is 4.46. The van der Waals surface area contributed by atoms with Gasteiger partial charge < -0.3 is 9.73 Å². The minimum Gasteiger partial charge on any atom is -0.443 e. The highest BCUT2D eigenvalue weighted by atomic mass is 16.3. The smallest absolute Gasteiger partial charge is 0.257 e. The Morgan fingerprint density at radius 3 is 2.79 bits per heavy atom. The number of hydrogen-bond donors (Lipinski definition) is 1. The number of nitrogens with zero attached hydrogens (tertiary/aromatic N) is 5. The first-order valence-electron chi connectivity index (χ1n) is 8.57. The van der Waals surface area contributed by atoms with Crippen LogP contribution in [0.5, 0.6) is 0 Å². The van der Waals surface area contributed by atoms with E-state index >= 15 is 0 Å². The van der Waals surface area contributed by atoms with Gasteiger partial charge >= 0.3 is 0 Å². The number of fused-ring (bicyclic) bond motifs is 2. The number of carbonyl (C=O) groups excluding carboxylic acids is 1. The minimum atomic E-state index is -0.296. The summed E-state index contributed by atoms with van der Waals surface area (Å²) >= 11 is 0. The van der Waals surface area contributed by atoms with Gasteiger partial charge in [-0.15, -0.1) is 10.2 Å². The maximum atomic E-state index is 12.6. The molecule has 0 aliphatic carbocycles. The Hall–Kier alpha value is -4.07. The summed E-state index contributed by atoms with van der Waals surface area (Å²) in [7, 11) is 1.87. The molecule has 0 bridgehead atoms. The Kier molecular flexibility index (Phi) is 3.61. The second kappa shape index (κ2) is 6.27. The first-order valence-corrected chi connectivity index (χ1v) is 8.57. The molecule has 136 valence electrons. The number of aromatic nitrogens is 5. The molecule has 28 heavy (non-hydrogen) atoms. The molecule has 5 rings (SSSR count). The van der Waals surface area contributed by atoms with Crippen molar-refractivity contribution in [3.63, 3.8) is 0 Å². The predicted octanol–water partition coefficient (Wildman–Crippen LogP) is 3.42. The largest absolute Gasteiger partial charge is 0.443 e. The number of amides is 1. The van der Waals surface area contributed by atoms with Crippen LogP contribution >= 0.6 is 0 Å². The van der Waals surface area contributed by atoms with E-state index < -0.39 is 0 Å². The standard InChI is InChI=1S/C20H14N6O2/c1-26-10-15(9-22-26)12-2-4-16-14(6-12)8-19(25-24-16)23-20(27)13-3-5-17-18(7-13)28-11-21-17/h2-11H,1H3,(H,23,25,27). The number of anilines is 1. The van der Waals surface area contributed by atoms with Gasteiger partial charge in [-0.05, 0) is 42.0 Å². The van der Waals surface area contributed by atoms with Gasteiger partial charge in [0, 0.05) is 29.8 Å². The van der Waals surface area contributed by atoms with Crippen LogP contribution in [0.25, 0.3) is 33.1 Å². The topological polar surface area (TPSA) is 98.7 Å². The molecule has 8 heteroatoms. The van der Waals surface area contributed by atoms with Gasteiger partial charge in [0.15, 0.2) is 17.8 Å². The number of rotatable bonds is 3. The molecule has 0 saturated heterocycles. The van der Waals surface area contributed by atoms with Crippen molar-refractivity contribution in [3.8, 4) is 11.1 Å². The molecule has 1 amide bonds. The predicted molar refractivity (Wildman–Crippen MR) is 104 cm³/mol. The Bertz CT molecular complexity index is 1340. The summed E-state index contributed by atoms with van der Waals surface area (Å²) in [6.07, 6.45) is 5.09. The summed E-state index contributed by atoms with van der Waals surface area (Å²) in [5, 5.41) is 16.1. The van der Waals surface area contributed by atoms with Gasteiger partial charge in [-0.1, -0.05) is 6.07 Å². The first kappa shape index (κ1) is 16.1. The normalized spacial score (nSPS) is 11.2. The second-order valence-electron chi connectivity index (χ2n) is 6.39. The number of aryl methyl sites for hydroxylation is 1. The highest BCUT2D eigenvalue weighted by molar-refractivity contribution is 6.05. The fourth-order valence-corrected chi connectivity index (χ4v) is 3.04. The van der Waals surface area contributed by atoms with Crippen LogP contribution in [0.2, 0.25) is 0 Å². The van der Waals surface area contributed by atoms with E-state index in [2.05, 4.69) is 25.6 Å². The molecule has 0 spiro atoms. The van der Waals surface area contributed by atoms with Crippen molar-refractivity contribution in [3.05, 3.63) is 66.8 Å². The molecule has 0 unspecified atom stereocenters. The number of hydrogen-bond acceptors (Lipinski definition) is 6. The third kappa shape index (κ3) is 2.86. The molecule has 0 aliphatic rings. The molecule has 2 aromatic carbocycles. The van der Waals surface area contributed by atoms with Crippen molar-refractivity contribution in [2.24, 2.45) is 7.05 Å². The van der Waals surface area contributed by atoms with E-state index in [4.69, 9.17) is 4.42 Å². The van der Waals surface area contributed by atoms with Crippen molar-refractivity contribution >= 4 is 33.7 Å². The maximum Gasteiger partial charge on any atom is 0.257 e. The molecule has 8 nitrogen and oxygen atoms in total. The SMILES string of the molecule is Cn1cc(-c2ccc3nnc(NC(=O)c4ccc5ncoc5c4)cc3c2)cn1. The molecule has 0 aliphatic heterocycles. The fraction of sp³-hybridized carbons (Fsp3) is 0.0500. The number of carbonyl (C=O) groups is 1. The Morgan fingerprint density at radius 2 is 1.93 bits per heavy atom. The molecule has 1 N–H and O–H groups in total. The lowest BCUT2D eigenvalue weighted by molar-refractivity contribution is 0.102. The lowest BCUT2D eigenvalue weighted by Crippen LogP contribution is -2.13. The minimum absolute atomic E-state index is 0.296. The molecule has 3 aromatic heterocycles. The first-order chi connectivity index (χ1) is 13.7. The van der Waals surface area contributed by atoms with Crippen LogP contribution in [-0.4, -0.2) is 30.9 Å². The Labute approximate surface area is 158 Å². The summed E-state index contributed by atoms with van der Waals surface area (Å²) in [6, 6.07) is 12.7. The van der Waals surface area contributed by atoms with E-state index in [-0.39, 0.29) is 5.91 Å². The Balaban J connectivity index is 1.45. The van der Waals surface area contributed by atoms with Crippen LogP contribution < -0.4 is 5.32 Å². The lowest BCUT2D eigenvalue weighted by Gasteiger charge is -2.06. The van der Waals surface area contributed by atoms with Crippen molar-refractivity contribution in [2.45, 2.75) is 0 Å². The van der Waals surface area contributed by atoms with E-state index in [0.29, 0.717) is 22.5 Å². The van der Waals surface area contributed by atoms with Gasteiger partial charge in [0.05, 0.1) is 11.7 Å². The molecule has 3 heterocycles. The summed E-state index contributed by atoms with van der Waals surface area (Å²) in [6.45, 7) is 0. The number of oxazole rings is 1. The van der Waals surface area contributed by atoms with Gasteiger partial charge in [0.25, 0.3) is 5.91 Å². The third-order valence-electron chi connectivity index (χ3n) is 4.46. The van der Waals surface area contributed by atoms with E-state index in [1.54, 1.807) is 35.1 Å². The van der Waals surface area contributed by atoms with E-state index in [1.165, 1.54) is 6.39 Å². The van der Waals surface area contributed by atoms with E-state index in [0.717, 1.165) is 22.0 Å². The van der Waals surface area contributed by atoms with Crippen molar-refractivity contribution in [1.82, 2.24) is 25.0 Å².